The van der Waals surface area contributed by atoms with E-state index >= 15 is 0 Å². The predicted octanol–water partition coefficient (Wildman–Crippen LogP) is 5.33. The molecular formula is C20H21FN2. The van der Waals surface area contributed by atoms with Crippen LogP contribution in [-0.4, -0.2) is 9.78 Å². The van der Waals surface area contributed by atoms with Crippen molar-refractivity contribution in [2.75, 3.05) is 0 Å². The molecule has 0 fully saturated rings. The zero-order valence-corrected chi connectivity index (χ0v) is 13.6. The van der Waals surface area contributed by atoms with E-state index in [4.69, 9.17) is 0 Å². The molecule has 0 saturated heterocycles. The maximum absolute atomic E-state index is 15.0. The number of benzene rings is 2. The minimum absolute atomic E-state index is 0.249. The van der Waals surface area contributed by atoms with Gasteiger partial charge in [-0.25, -0.2) is 4.68 Å². The van der Waals surface area contributed by atoms with Crippen molar-refractivity contribution in [3.8, 4) is 16.9 Å². The molecule has 0 saturated carbocycles. The molecule has 23 heavy (non-hydrogen) atoms. The van der Waals surface area contributed by atoms with Crippen molar-refractivity contribution >= 4 is 0 Å². The smallest absolute Gasteiger partial charge is 0.206 e. The SMILES string of the molecule is CCCCc1c(-c2ccccc2)nn(-c2ccc(C)cc2)c1F. The lowest BCUT2D eigenvalue weighted by molar-refractivity contribution is 0.523. The van der Waals surface area contributed by atoms with Gasteiger partial charge >= 0.3 is 0 Å². The Kier molecular flexibility index (Phi) is 4.56. The third-order valence-electron chi connectivity index (χ3n) is 4.03. The largest absolute Gasteiger partial charge is 0.220 e. The van der Waals surface area contributed by atoms with Crippen molar-refractivity contribution in [3.05, 3.63) is 71.7 Å². The summed E-state index contributed by atoms with van der Waals surface area (Å²) in [7, 11) is 0. The normalized spacial score (nSPS) is 10.9. The molecule has 3 rings (SSSR count). The molecule has 0 amide bonds. The van der Waals surface area contributed by atoms with Gasteiger partial charge in [0.1, 0.15) is 0 Å². The van der Waals surface area contributed by atoms with Gasteiger partial charge in [0.05, 0.1) is 11.4 Å². The lowest BCUT2D eigenvalue weighted by Crippen LogP contribution is -2.00. The van der Waals surface area contributed by atoms with Gasteiger partial charge in [-0.1, -0.05) is 61.4 Å². The Morgan fingerprint density at radius 1 is 1.00 bits per heavy atom. The van der Waals surface area contributed by atoms with Gasteiger partial charge in [0.15, 0.2) is 0 Å². The number of rotatable bonds is 5. The maximum Gasteiger partial charge on any atom is 0.220 e. The van der Waals surface area contributed by atoms with Crippen LogP contribution in [0.2, 0.25) is 0 Å². The minimum atomic E-state index is -0.249. The molecule has 0 aliphatic rings. The number of unbranched alkanes of at least 4 members (excludes halogenated alkanes) is 1. The fourth-order valence-electron chi connectivity index (χ4n) is 2.69. The third-order valence-corrected chi connectivity index (χ3v) is 4.03. The van der Waals surface area contributed by atoms with Crippen molar-refractivity contribution < 1.29 is 4.39 Å². The van der Waals surface area contributed by atoms with E-state index in [-0.39, 0.29) is 5.95 Å². The fourth-order valence-corrected chi connectivity index (χ4v) is 2.69. The van der Waals surface area contributed by atoms with E-state index in [1.165, 1.54) is 4.68 Å². The minimum Gasteiger partial charge on any atom is -0.206 e. The highest BCUT2D eigenvalue weighted by atomic mass is 19.1. The fraction of sp³-hybridized carbons (Fsp3) is 0.250. The molecule has 0 unspecified atom stereocenters. The Hall–Kier alpha value is -2.42. The average molecular weight is 308 g/mol. The predicted molar refractivity (Wildman–Crippen MR) is 92.3 cm³/mol. The van der Waals surface area contributed by atoms with Gasteiger partial charge in [0.2, 0.25) is 5.95 Å². The monoisotopic (exact) mass is 308 g/mol. The zero-order valence-electron chi connectivity index (χ0n) is 13.6. The Morgan fingerprint density at radius 3 is 2.35 bits per heavy atom. The molecule has 1 heterocycles. The molecule has 0 radical (unpaired) electrons. The van der Waals surface area contributed by atoms with E-state index in [9.17, 15) is 4.39 Å². The summed E-state index contributed by atoms with van der Waals surface area (Å²) >= 11 is 0. The van der Waals surface area contributed by atoms with E-state index in [2.05, 4.69) is 12.0 Å². The van der Waals surface area contributed by atoms with Crippen LogP contribution in [0, 0.1) is 12.9 Å². The lowest BCUT2D eigenvalue weighted by atomic mass is 10.0. The second kappa shape index (κ2) is 6.78. The van der Waals surface area contributed by atoms with Crippen LogP contribution >= 0.6 is 0 Å². The van der Waals surface area contributed by atoms with Crippen molar-refractivity contribution in [2.24, 2.45) is 0 Å². The van der Waals surface area contributed by atoms with Crippen LogP contribution in [-0.2, 0) is 6.42 Å². The first-order valence-electron chi connectivity index (χ1n) is 8.10. The van der Waals surface area contributed by atoms with Gasteiger partial charge in [-0.05, 0) is 31.9 Å². The van der Waals surface area contributed by atoms with Crippen LogP contribution in [0.15, 0.2) is 54.6 Å². The first-order chi connectivity index (χ1) is 11.2. The topological polar surface area (TPSA) is 17.8 Å². The second-order valence-electron chi connectivity index (χ2n) is 5.83. The van der Waals surface area contributed by atoms with Crippen molar-refractivity contribution in [3.63, 3.8) is 0 Å². The summed E-state index contributed by atoms with van der Waals surface area (Å²) in [6.07, 6.45) is 2.69. The summed E-state index contributed by atoms with van der Waals surface area (Å²) in [5.41, 5.74) is 4.32. The van der Waals surface area contributed by atoms with Crippen LogP contribution in [0.3, 0.4) is 0 Å². The standard InChI is InChI=1S/C20H21FN2/c1-3-4-10-18-19(16-8-6-5-7-9-16)22-23(20(18)21)17-13-11-15(2)12-14-17/h5-9,11-14H,3-4,10H2,1-2H3. The van der Waals surface area contributed by atoms with Gasteiger partial charge in [-0.15, -0.1) is 0 Å². The number of hydrogen-bond acceptors (Lipinski definition) is 1. The van der Waals surface area contributed by atoms with Crippen molar-refractivity contribution in [2.45, 2.75) is 33.1 Å². The van der Waals surface area contributed by atoms with Crippen LogP contribution in [0.4, 0.5) is 4.39 Å². The maximum atomic E-state index is 15.0. The number of hydrogen-bond donors (Lipinski definition) is 0. The van der Waals surface area contributed by atoms with Crippen molar-refractivity contribution in [1.82, 2.24) is 9.78 Å². The van der Waals surface area contributed by atoms with E-state index in [1.54, 1.807) is 0 Å². The summed E-state index contributed by atoms with van der Waals surface area (Å²) in [6.45, 7) is 4.13. The molecule has 0 aliphatic heterocycles. The highest BCUT2D eigenvalue weighted by molar-refractivity contribution is 5.63. The Morgan fingerprint density at radius 2 is 1.70 bits per heavy atom. The molecule has 0 aliphatic carbocycles. The molecule has 0 atom stereocenters. The van der Waals surface area contributed by atoms with Gasteiger partial charge in [0, 0.05) is 11.1 Å². The average Bonchev–Trinajstić information content (AvgIpc) is 2.91. The van der Waals surface area contributed by atoms with E-state index in [0.29, 0.717) is 12.0 Å². The number of nitrogens with zero attached hydrogens (tertiary/aromatic N) is 2. The van der Waals surface area contributed by atoms with Crippen LogP contribution in [0.1, 0.15) is 30.9 Å². The summed E-state index contributed by atoms with van der Waals surface area (Å²) < 4.78 is 16.4. The van der Waals surface area contributed by atoms with Gasteiger partial charge in [0.25, 0.3) is 0 Å². The number of halogens is 1. The van der Waals surface area contributed by atoms with Gasteiger partial charge in [-0.2, -0.15) is 9.49 Å². The lowest BCUT2D eigenvalue weighted by Gasteiger charge is -2.03. The second-order valence-corrected chi connectivity index (χ2v) is 5.83. The molecule has 2 nitrogen and oxygen atoms in total. The molecule has 0 N–H and O–H groups in total. The summed E-state index contributed by atoms with van der Waals surface area (Å²) in [5.74, 6) is -0.249. The van der Waals surface area contributed by atoms with Gasteiger partial charge in [-0.3, -0.25) is 0 Å². The summed E-state index contributed by atoms with van der Waals surface area (Å²) in [6, 6.07) is 17.6. The number of aryl methyl sites for hydroxylation is 1. The first kappa shape index (κ1) is 15.5. The molecule has 3 aromatic rings. The highest BCUT2D eigenvalue weighted by Crippen LogP contribution is 2.28. The molecule has 3 heteroatoms. The molecule has 0 bridgehead atoms. The van der Waals surface area contributed by atoms with Crippen LogP contribution in [0.25, 0.3) is 16.9 Å². The summed E-state index contributed by atoms with van der Waals surface area (Å²) in [4.78, 5) is 0. The van der Waals surface area contributed by atoms with Crippen molar-refractivity contribution in [1.29, 1.82) is 0 Å². The quantitative estimate of drug-likeness (QED) is 0.623. The zero-order chi connectivity index (χ0) is 16.2. The molecule has 1 aromatic heterocycles. The molecular weight excluding hydrogens is 287 g/mol. The third kappa shape index (κ3) is 3.19. The number of aromatic nitrogens is 2. The van der Waals surface area contributed by atoms with Crippen LogP contribution in [0.5, 0.6) is 0 Å². The first-order valence-corrected chi connectivity index (χ1v) is 8.10. The van der Waals surface area contributed by atoms with Gasteiger partial charge < -0.3 is 0 Å². The molecule has 0 spiro atoms. The highest BCUT2D eigenvalue weighted by Gasteiger charge is 2.19. The Labute approximate surface area is 136 Å². The van der Waals surface area contributed by atoms with E-state index in [1.807, 2.05) is 61.5 Å². The van der Waals surface area contributed by atoms with Crippen LogP contribution < -0.4 is 0 Å². The Balaban J connectivity index is 2.11. The van der Waals surface area contributed by atoms with E-state index < -0.39 is 0 Å². The molecule has 118 valence electrons. The van der Waals surface area contributed by atoms with E-state index in [0.717, 1.165) is 35.3 Å². The molecule has 2 aromatic carbocycles. The Bertz CT molecular complexity index is 773. The summed E-state index contributed by atoms with van der Waals surface area (Å²) in [5, 5.41) is 4.57.